The Bertz CT molecular complexity index is 1080. The van der Waals surface area contributed by atoms with Crippen LogP contribution in [-0.2, 0) is 16.4 Å². The highest BCUT2D eigenvalue weighted by Crippen LogP contribution is 2.28. The van der Waals surface area contributed by atoms with E-state index in [0.29, 0.717) is 12.2 Å². The summed E-state index contributed by atoms with van der Waals surface area (Å²) in [5.41, 5.74) is 3.66. The van der Waals surface area contributed by atoms with Crippen LogP contribution in [0.5, 0.6) is 5.75 Å². The maximum Gasteiger partial charge on any atom is 0.238 e. The summed E-state index contributed by atoms with van der Waals surface area (Å²) >= 11 is 0. The minimum Gasteiger partial charge on any atom is -0.488 e. The summed E-state index contributed by atoms with van der Waals surface area (Å²) in [6.07, 6.45) is 3.83. The summed E-state index contributed by atoms with van der Waals surface area (Å²) in [5.74, 6) is 0.631. The molecule has 0 saturated heterocycles. The first-order valence-corrected chi connectivity index (χ1v) is 11.3. The lowest BCUT2D eigenvalue weighted by Gasteiger charge is -2.21. The van der Waals surface area contributed by atoms with Gasteiger partial charge >= 0.3 is 0 Å². The van der Waals surface area contributed by atoms with Crippen molar-refractivity contribution >= 4 is 10.0 Å². The number of aryl methyl sites for hydroxylation is 2. The van der Waals surface area contributed by atoms with Gasteiger partial charge in [-0.3, -0.25) is 4.98 Å². The molecule has 0 spiro atoms. The summed E-state index contributed by atoms with van der Waals surface area (Å²) in [4.78, 5) is 4.16. The zero-order valence-electron chi connectivity index (χ0n) is 17.0. The highest BCUT2D eigenvalue weighted by Gasteiger charge is 2.16. The molecule has 158 valence electrons. The number of hydrogen-bond donors (Lipinski definition) is 2. The molecule has 0 amide bonds. The fourth-order valence-electron chi connectivity index (χ4n) is 3.19. The first kappa shape index (κ1) is 22.0. The van der Waals surface area contributed by atoms with Gasteiger partial charge in [0.1, 0.15) is 11.9 Å². The summed E-state index contributed by atoms with van der Waals surface area (Å²) in [6.45, 7) is 3.74. The average molecular weight is 427 g/mol. The summed E-state index contributed by atoms with van der Waals surface area (Å²) in [6, 6.07) is 16.0. The molecule has 30 heavy (non-hydrogen) atoms. The number of benzene rings is 2. The number of primary sulfonamides is 1. The van der Waals surface area contributed by atoms with Gasteiger partial charge in [-0.15, -0.1) is 0 Å². The second-order valence-corrected chi connectivity index (χ2v) is 8.90. The molecule has 2 atom stereocenters. The Morgan fingerprint density at radius 2 is 1.87 bits per heavy atom. The van der Waals surface area contributed by atoms with E-state index in [-0.39, 0.29) is 11.0 Å². The topological polar surface area (TPSA) is 103 Å². The van der Waals surface area contributed by atoms with Crippen LogP contribution in [0.3, 0.4) is 0 Å². The van der Waals surface area contributed by atoms with Gasteiger partial charge in [0.15, 0.2) is 0 Å². The van der Waals surface area contributed by atoms with Crippen molar-refractivity contribution in [1.82, 2.24) is 4.98 Å². The molecule has 1 aromatic heterocycles. The van der Waals surface area contributed by atoms with Crippen LogP contribution in [0.25, 0.3) is 11.1 Å². The number of aromatic nitrogens is 1. The van der Waals surface area contributed by atoms with Crippen molar-refractivity contribution in [2.24, 2.45) is 5.14 Å². The van der Waals surface area contributed by atoms with Crippen LogP contribution in [0.1, 0.15) is 24.5 Å². The summed E-state index contributed by atoms with van der Waals surface area (Å²) in [7, 11) is -3.77. The maximum atomic E-state index is 11.6. The molecule has 3 N–H and O–H groups in total. The largest absolute Gasteiger partial charge is 0.488 e. The Labute approximate surface area is 177 Å². The van der Waals surface area contributed by atoms with Crippen molar-refractivity contribution in [3.05, 3.63) is 78.1 Å². The molecule has 0 aliphatic rings. The van der Waals surface area contributed by atoms with E-state index < -0.39 is 16.1 Å². The highest BCUT2D eigenvalue weighted by molar-refractivity contribution is 7.89. The zero-order chi connectivity index (χ0) is 21.7. The van der Waals surface area contributed by atoms with E-state index in [9.17, 15) is 13.5 Å². The molecule has 0 saturated carbocycles. The highest BCUT2D eigenvalue weighted by atomic mass is 32.2. The first-order chi connectivity index (χ1) is 14.2. The Balaban J connectivity index is 1.66. The third-order valence-corrected chi connectivity index (χ3v) is 5.93. The van der Waals surface area contributed by atoms with Crippen LogP contribution in [0.4, 0.5) is 0 Å². The molecular weight excluding hydrogens is 400 g/mol. The van der Waals surface area contributed by atoms with Crippen molar-refractivity contribution < 1.29 is 18.3 Å². The number of pyridine rings is 1. The van der Waals surface area contributed by atoms with Crippen LogP contribution in [0.2, 0.25) is 0 Å². The smallest absolute Gasteiger partial charge is 0.238 e. The third kappa shape index (κ3) is 5.66. The van der Waals surface area contributed by atoms with Gasteiger partial charge in [0.2, 0.25) is 10.0 Å². The quantitative estimate of drug-likeness (QED) is 0.574. The predicted octanol–water partition coefficient (Wildman–Crippen LogP) is 3.47. The Morgan fingerprint density at radius 3 is 2.50 bits per heavy atom. The number of sulfonamides is 1. The fourth-order valence-corrected chi connectivity index (χ4v) is 3.73. The van der Waals surface area contributed by atoms with Gasteiger partial charge in [-0.2, -0.15) is 0 Å². The second kappa shape index (κ2) is 9.38. The van der Waals surface area contributed by atoms with Crippen LogP contribution >= 0.6 is 0 Å². The normalized spacial score (nSPS) is 13.6. The van der Waals surface area contributed by atoms with E-state index in [0.717, 1.165) is 28.7 Å². The number of aliphatic hydroxyl groups is 1. The number of hydrogen-bond acceptors (Lipinski definition) is 5. The van der Waals surface area contributed by atoms with Gasteiger partial charge in [-0.25, -0.2) is 13.6 Å². The van der Waals surface area contributed by atoms with Gasteiger partial charge in [0.05, 0.1) is 11.0 Å². The van der Waals surface area contributed by atoms with Crippen LogP contribution in [-0.4, -0.2) is 30.7 Å². The maximum absolute atomic E-state index is 11.6. The molecule has 3 aromatic rings. The van der Waals surface area contributed by atoms with Crippen molar-refractivity contribution in [3.63, 3.8) is 0 Å². The predicted molar refractivity (Wildman–Crippen MR) is 117 cm³/mol. The van der Waals surface area contributed by atoms with Crippen LogP contribution in [0.15, 0.2) is 71.9 Å². The molecule has 2 unspecified atom stereocenters. The number of aliphatic hydroxyl groups excluding tert-OH is 1. The molecule has 0 radical (unpaired) electrons. The first-order valence-electron chi connectivity index (χ1n) is 9.71. The molecule has 0 bridgehead atoms. The van der Waals surface area contributed by atoms with Gasteiger partial charge < -0.3 is 9.84 Å². The van der Waals surface area contributed by atoms with E-state index in [2.05, 4.69) is 4.98 Å². The van der Waals surface area contributed by atoms with Crippen molar-refractivity contribution in [1.29, 1.82) is 0 Å². The molecule has 0 aliphatic heterocycles. The molecule has 0 aliphatic carbocycles. The minimum absolute atomic E-state index is 0.0776. The van der Waals surface area contributed by atoms with E-state index >= 15 is 0 Å². The lowest BCUT2D eigenvalue weighted by atomic mass is 10.0. The Morgan fingerprint density at radius 1 is 1.13 bits per heavy atom. The van der Waals surface area contributed by atoms with Crippen LogP contribution in [0, 0.1) is 6.92 Å². The average Bonchev–Trinajstić information content (AvgIpc) is 2.73. The van der Waals surface area contributed by atoms with Gasteiger partial charge in [-0.1, -0.05) is 24.3 Å². The van der Waals surface area contributed by atoms with E-state index in [1.807, 2.05) is 50.2 Å². The Hall–Kier alpha value is -2.74. The van der Waals surface area contributed by atoms with E-state index in [1.165, 1.54) is 6.07 Å². The van der Waals surface area contributed by atoms with Crippen molar-refractivity contribution in [3.8, 4) is 16.9 Å². The SMILES string of the molecule is Cc1ccc(S(N)(=O)=O)cc1-c1ccc(OC(C)C(O)CCc2cccnc2)cc1. The molecule has 1 heterocycles. The van der Waals surface area contributed by atoms with Gasteiger partial charge in [0.25, 0.3) is 0 Å². The standard InChI is InChI=1S/C23H26N2O4S/c1-16-5-11-21(30(24,27)28)14-22(16)19-7-9-20(10-8-19)29-17(2)23(26)12-6-18-4-3-13-25-15-18/h3-5,7-11,13-15,17,23,26H,6,12H2,1-2H3,(H2,24,27,28). The number of nitrogens with zero attached hydrogens (tertiary/aromatic N) is 1. The van der Waals surface area contributed by atoms with Crippen LogP contribution < -0.4 is 9.88 Å². The van der Waals surface area contributed by atoms with Crippen molar-refractivity contribution in [2.75, 3.05) is 0 Å². The monoisotopic (exact) mass is 426 g/mol. The summed E-state index contributed by atoms with van der Waals surface area (Å²) in [5, 5.41) is 15.6. The zero-order valence-corrected chi connectivity index (χ0v) is 17.8. The van der Waals surface area contributed by atoms with Gasteiger partial charge in [0, 0.05) is 12.4 Å². The molecule has 6 nitrogen and oxygen atoms in total. The number of nitrogens with two attached hydrogens (primary N) is 1. The summed E-state index contributed by atoms with van der Waals surface area (Å²) < 4.78 is 29.2. The second-order valence-electron chi connectivity index (χ2n) is 7.34. The van der Waals surface area contributed by atoms with Crippen molar-refractivity contribution in [2.45, 2.75) is 43.8 Å². The molecular formula is C23H26N2O4S. The lowest BCUT2D eigenvalue weighted by molar-refractivity contribution is 0.0420. The molecule has 0 fully saturated rings. The fraction of sp³-hybridized carbons (Fsp3) is 0.261. The number of rotatable bonds is 8. The number of ether oxygens (including phenoxy) is 1. The third-order valence-electron chi connectivity index (χ3n) is 5.02. The van der Waals surface area contributed by atoms with E-state index in [4.69, 9.17) is 9.88 Å². The molecule has 7 heteroatoms. The minimum atomic E-state index is -3.77. The molecule has 2 aromatic carbocycles. The molecule has 3 rings (SSSR count). The van der Waals surface area contributed by atoms with Gasteiger partial charge in [-0.05, 0) is 79.3 Å². The lowest BCUT2D eigenvalue weighted by Crippen LogP contribution is -2.29. The van der Waals surface area contributed by atoms with E-state index in [1.54, 1.807) is 24.5 Å². The Kier molecular flexibility index (Phi) is 6.87.